The van der Waals surface area contributed by atoms with Gasteiger partial charge in [-0.15, -0.1) is 5.10 Å². The number of alkyl halides is 9. The van der Waals surface area contributed by atoms with Crippen LogP contribution >= 0.6 is 0 Å². The molecule has 0 spiro atoms. The van der Waals surface area contributed by atoms with Gasteiger partial charge in [-0.1, -0.05) is 5.10 Å². The summed E-state index contributed by atoms with van der Waals surface area (Å²) in [5, 5.41) is 20.8. The lowest BCUT2D eigenvalue weighted by Crippen LogP contribution is -2.39. The molecule has 262 valence electrons. The van der Waals surface area contributed by atoms with Crippen molar-refractivity contribution in [1.29, 1.82) is 0 Å². The van der Waals surface area contributed by atoms with Crippen molar-refractivity contribution < 1.29 is 49.4 Å². The van der Waals surface area contributed by atoms with Gasteiger partial charge >= 0.3 is 24.5 Å². The summed E-state index contributed by atoms with van der Waals surface area (Å²) in [5.41, 5.74) is -4.58. The number of carbonyl (C=O) groups is 1. The van der Waals surface area contributed by atoms with Gasteiger partial charge < -0.3 is 14.9 Å². The topological polar surface area (TPSA) is 100 Å². The molecule has 3 heterocycles. The molecule has 0 amide bonds. The highest BCUT2D eigenvalue weighted by Crippen LogP contribution is 2.42. The second-order valence-electron chi connectivity index (χ2n) is 12.3. The van der Waals surface area contributed by atoms with E-state index in [1.807, 2.05) is 4.90 Å². The van der Waals surface area contributed by atoms with Crippen molar-refractivity contribution >= 4 is 17.7 Å². The standard InChI is InChI=1S/C30H32F9N7O2/c1-44-42-27(41-43-44)45(15-18-9-21(28(31,32)33)13-22(10-18)29(34,35)36)16-20-12-23(30(37,38)39)14-40-26(20)46-8-2-3-24(46)19-6-4-17(5-7-19)11-25(47)48/h9-10,12-14,17,19,24H,2-8,11,15-16H2,1H3,(H,47,48)/t17-,19-,24?. The summed E-state index contributed by atoms with van der Waals surface area (Å²) in [5.74, 6) is -0.747. The second kappa shape index (κ2) is 13.4. The minimum absolute atomic E-state index is 0.00804. The maximum atomic E-state index is 13.9. The van der Waals surface area contributed by atoms with Crippen molar-refractivity contribution in [2.75, 3.05) is 16.3 Å². The number of rotatable bonds is 9. The fraction of sp³-hybridized carbons (Fsp3) is 0.567. The number of aromatic nitrogens is 5. The third-order valence-corrected chi connectivity index (χ3v) is 8.90. The van der Waals surface area contributed by atoms with Crippen molar-refractivity contribution in [2.45, 2.75) is 82.6 Å². The minimum Gasteiger partial charge on any atom is -0.481 e. The van der Waals surface area contributed by atoms with Crippen LogP contribution in [0.25, 0.3) is 0 Å². The number of tetrazole rings is 1. The molecule has 1 saturated carbocycles. The Morgan fingerprint density at radius 1 is 0.875 bits per heavy atom. The summed E-state index contributed by atoms with van der Waals surface area (Å²) in [4.78, 5) is 19.5. The molecule has 2 fully saturated rings. The minimum atomic E-state index is -5.11. The van der Waals surface area contributed by atoms with Crippen LogP contribution in [-0.2, 0) is 43.5 Å². The Balaban J connectivity index is 1.52. The highest BCUT2D eigenvalue weighted by atomic mass is 19.4. The van der Waals surface area contributed by atoms with Gasteiger partial charge in [0.25, 0.3) is 5.95 Å². The van der Waals surface area contributed by atoms with Crippen LogP contribution in [-0.4, -0.2) is 48.9 Å². The van der Waals surface area contributed by atoms with E-state index in [0.717, 1.165) is 35.0 Å². The van der Waals surface area contributed by atoms with Crippen LogP contribution in [0.3, 0.4) is 0 Å². The molecule has 3 aromatic rings. The van der Waals surface area contributed by atoms with E-state index in [-0.39, 0.29) is 47.7 Å². The van der Waals surface area contributed by atoms with Crippen molar-refractivity contribution in [3.63, 3.8) is 0 Å². The predicted molar refractivity (Wildman–Crippen MR) is 152 cm³/mol. The molecule has 9 nitrogen and oxygen atoms in total. The first-order chi connectivity index (χ1) is 22.4. The smallest absolute Gasteiger partial charge is 0.417 e. The molecule has 1 saturated heterocycles. The molecule has 1 N–H and O–H groups in total. The summed E-state index contributed by atoms with van der Waals surface area (Å²) in [7, 11) is 1.37. The third-order valence-electron chi connectivity index (χ3n) is 8.90. The lowest BCUT2D eigenvalue weighted by Gasteiger charge is -2.38. The average molecular weight is 694 g/mol. The molecular weight excluding hydrogens is 661 g/mol. The molecule has 0 radical (unpaired) electrons. The normalized spacial score (nSPS) is 20.7. The van der Waals surface area contributed by atoms with E-state index in [0.29, 0.717) is 44.1 Å². The predicted octanol–water partition coefficient (Wildman–Crippen LogP) is 7.12. The highest BCUT2D eigenvalue weighted by molar-refractivity contribution is 5.67. The van der Waals surface area contributed by atoms with E-state index in [9.17, 15) is 49.4 Å². The number of carboxylic acids is 1. The molecule has 2 aliphatic rings. The lowest BCUT2D eigenvalue weighted by molar-refractivity contribution is -0.143. The average Bonchev–Trinajstić information content (AvgIpc) is 3.65. The largest absolute Gasteiger partial charge is 0.481 e. The number of benzene rings is 1. The number of halogens is 9. The summed E-state index contributed by atoms with van der Waals surface area (Å²) in [6.07, 6.45) is -10.00. The van der Waals surface area contributed by atoms with E-state index >= 15 is 0 Å². The van der Waals surface area contributed by atoms with Crippen LogP contribution in [0, 0.1) is 11.8 Å². The summed E-state index contributed by atoms with van der Waals surface area (Å²) in [6, 6.07) is 1.84. The SMILES string of the molecule is Cn1nnc(N(Cc2cc(C(F)(F)F)cc(C(F)(F)F)c2)Cc2cc(C(F)(F)F)cnc2N2CCCC2[C@H]2CC[C@H](CC(=O)O)CC2)n1. The van der Waals surface area contributed by atoms with Crippen molar-refractivity contribution in [3.8, 4) is 0 Å². The lowest BCUT2D eigenvalue weighted by atomic mass is 9.76. The van der Waals surface area contributed by atoms with Gasteiger partial charge in [0.05, 0.1) is 23.7 Å². The van der Waals surface area contributed by atoms with E-state index in [1.165, 1.54) is 7.05 Å². The highest BCUT2D eigenvalue weighted by Gasteiger charge is 2.39. The Labute approximate surface area is 268 Å². The summed E-state index contributed by atoms with van der Waals surface area (Å²) in [6.45, 7) is -0.632. The van der Waals surface area contributed by atoms with Crippen LogP contribution < -0.4 is 9.80 Å². The van der Waals surface area contributed by atoms with Gasteiger partial charge in [0.15, 0.2) is 0 Å². The zero-order valence-electron chi connectivity index (χ0n) is 25.6. The Bertz CT molecular complexity index is 1570. The van der Waals surface area contributed by atoms with Crippen molar-refractivity contribution in [1.82, 2.24) is 25.2 Å². The van der Waals surface area contributed by atoms with Gasteiger partial charge in [0.2, 0.25) is 0 Å². The molecular formula is C30H32F9N7O2. The van der Waals surface area contributed by atoms with Gasteiger partial charge in [-0.3, -0.25) is 4.79 Å². The Morgan fingerprint density at radius 2 is 1.50 bits per heavy atom. The fourth-order valence-electron chi connectivity index (χ4n) is 6.74. The molecule has 0 bridgehead atoms. The number of anilines is 2. The van der Waals surface area contributed by atoms with Crippen molar-refractivity contribution in [3.05, 3.63) is 58.3 Å². The molecule has 48 heavy (non-hydrogen) atoms. The van der Waals surface area contributed by atoms with Crippen LogP contribution in [0.1, 0.15) is 72.8 Å². The molecule has 1 atom stereocenters. The first-order valence-corrected chi connectivity index (χ1v) is 15.2. The Hall–Kier alpha value is -4.12. The monoisotopic (exact) mass is 693 g/mol. The maximum absolute atomic E-state index is 13.9. The molecule has 2 aromatic heterocycles. The van der Waals surface area contributed by atoms with E-state index in [1.54, 1.807) is 0 Å². The van der Waals surface area contributed by atoms with E-state index in [2.05, 4.69) is 20.4 Å². The van der Waals surface area contributed by atoms with Crippen LogP contribution in [0.5, 0.6) is 0 Å². The molecule has 1 aliphatic heterocycles. The van der Waals surface area contributed by atoms with Gasteiger partial charge in [0.1, 0.15) is 5.82 Å². The molecule has 18 heteroatoms. The fourth-order valence-corrected chi connectivity index (χ4v) is 6.74. The first kappa shape index (κ1) is 35.2. The Morgan fingerprint density at radius 3 is 2.04 bits per heavy atom. The van der Waals surface area contributed by atoms with Crippen molar-refractivity contribution in [2.24, 2.45) is 18.9 Å². The second-order valence-corrected chi connectivity index (χ2v) is 12.3. The van der Waals surface area contributed by atoms with Crippen LogP contribution in [0.4, 0.5) is 51.3 Å². The quantitative estimate of drug-likeness (QED) is 0.237. The summed E-state index contributed by atoms with van der Waals surface area (Å²) >= 11 is 0. The number of aryl methyl sites for hydroxylation is 1. The van der Waals surface area contributed by atoms with Gasteiger partial charge in [0, 0.05) is 43.9 Å². The van der Waals surface area contributed by atoms with E-state index in [4.69, 9.17) is 0 Å². The number of hydrogen-bond acceptors (Lipinski definition) is 7. The number of nitrogens with zero attached hydrogens (tertiary/aromatic N) is 7. The summed E-state index contributed by atoms with van der Waals surface area (Å²) < 4.78 is 124. The van der Waals surface area contributed by atoms with Gasteiger partial charge in [-0.05, 0) is 85.4 Å². The molecule has 1 unspecified atom stereocenters. The third kappa shape index (κ3) is 8.29. The molecule has 1 aliphatic carbocycles. The van der Waals surface area contributed by atoms with Crippen LogP contribution in [0.15, 0.2) is 30.5 Å². The number of pyridine rings is 1. The zero-order chi connectivity index (χ0) is 35.0. The molecule has 1 aromatic carbocycles. The Kier molecular flexibility index (Phi) is 9.83. The van der Waals surface area contributed by atoms with Crippen LogP contribution in [0.2, 0.25) is 0 Å². The number of hydrogen-bond donors (Lipinski definition) is 1. The number of aliphatic carboxylic acids is 1. The zero-order valence-corrected chi connectivity index (χ0v) is 25.6. The van der Waals surface area contributed by atoms with Gasteiger partial charge in [-0.25, -0.2) is 4.98 Å². The van der Waals surface area contributed by atoms with E-state index < -0.39 is 59.8 Å². The first-order valence-electron chi connectivity index (χ1n) is 15.2. The number of carboxylic acid groups (broad SMARTS) is 1. The maximum Gasteiger partial charge on any atom is 0.417 e. The van der Waals surface area contributed by atoms with Gasteiger partial charge in [-0.2, -0.15) is 44.3 Å². The molecule has 5 rings (SSSR count).